The zero-order valence-electron chi connectivity index (χ0n) is 19.2. The van der Waals surface area contributed by atoms with Crippen LogP contribution in [0.15, 0.2) is 66.9 Å². The number of hydrogen-bond donors (Lipinski definition) is 3. The molecule has 2 atom stereocenters. The summed E-state index contributed by atoms with van der Waals surface area (Å²) in [5.41, 5.74) is 3.40. The van der Waals surface area contributed by atoms with Gasteiger partial charge in [0.2, 0.25) is 5.91 Å². The number of hydrogen-bond acceptors (Lipinski definition) is 4. The monoisotopic (exact) mass is 441 g/mol. The first-order chi connectivity index (χ1) is 15.4. The zero-order valence-corrected chi connectivity index (χ0v) is 19.2. The largest absolute Gasteiger partial charge is 0.499 e. The SMILES string of the molecule is C=C(OCC)[C@H](C)C[C@@H](Cc1ccc(-c2ccccc2)cc1)NC(=O)CCC(=O)O.CO. The molecule has 2 aromatic carbocycles. The maximum absolute atomic E-state index is 12.2. The molecule has 174 valence electrons. The number of rotatable bonds is 12. The maximum atomic E-state index is 12.2. The fourth-order valence-corrected chi connectivity index (χ4v) is 3.35. The Bertz CT molecular complexity index is 833. The fraction of sp³-hybridized carbons (Fsp3) is 0.385. The van der Waals surface area contributed by atoms with Gasteiger partial charge in [0.15, 0.2) is 0 Å². The van der Waals surface area contributed by atoms with E-state index < -0.39 is 5.97 Å². The Hall–Kier alpha value is -3.12. The van der Waals surface area contributed by atoms with Crippen molar-refractivity contribution in [2.75, 3.05) is 13.7 Å². The van der Waals surface area contributed by atoms with Crippen molar-refractivity contribution in [3.8, 4) is 11.1 Å². The minimum Gasteiger partial charge on any atom is -0.499 e. The van der Waals surface area contributed by atoms with Gasteiger partial charge in [-0.15, -0.1) is 0 Å². The van der Waals surface area contributed by atoms with Crippen molar-refractivity contribution in [3.63, 3.8) is 0 Å². The molecule has 2 rings (SSSR count). The summed E-state index contributed by atoms with van der Waals surface area (Å²) >= 11 is 0. The topological polar surface area (TPSA) is 95.9 Å². The minimum atomic E-state index is -0.976. The molecule has 0 aromatic heterocycles. The lowest BCUT2D eigenvalue weighted by atomic mass is 9.94. The normalized spacial score (nSPS) is 12.0. The summed E-state index contributed by atoms with van der Waals surface area (Å²) in [4.78, 5) is 23.0. The van der Waals surface area contributed by atoms with Gasteiger partial charge >= 0.3 is 5.97 Å². The van der Waals surface area contributed by atoms with Crippen LogP contribution in [0.5, 0.6) is 0 Å². The Kier molecular flexibility index (Phi) is 12.5. The van der Waals surface area contributed by atoms with E-state index in [2.05, 4.69) is 48.3 Å². The Labute approximate surface area is 190 Å². The first-order valence-corrected chi connectivity index (χ1v) is 10.8. The summed E-state index contributed by atoms with van der Waals surface area (Å²) in [5, 5.41) is 18.8. The Morgan fingerprint density at radius 1 is 1.00 bits per heavy atom. The number of carbonyl (C=O) groups is 2. The van der Waals surface area contributed by atoms with E-state index >= 15 is 0 Å². The highest BCUT2D eigenvalue weighted by atomic mass is 16.5. The summed E-state index contributed by atoms with van der Waals surface area (Å²) in [7, 11) is 1.00. The number of carboxylic acid groups (broad SMARTS) is 1. The van der Waals surface area contributed by atoms with Crippen LogP contribution in [-0.4, -0.2) is 41.8 Å². The van der Waals surface area contributed by atoms with Crippen molar-refractivity contribution in [2.24, 2.45) is 5.92 Å². The molecule has 3 N–H and O–H groups in total. The van der Waals surface area contributed by atoms with Crippen LogP contribution in [0.1, 0.15) is 38.7 Å². The van der Waals surface area contributed by atoms with Crippen LogP contribution >= 0.6 is 0 Å². The molecule has 0 spiro atoms. The van der Waals surface area contributed by atoms with Crippen molar-refractivity contribution in [3.05, 3.63) is 72.5 Å². The number of aliphatic carboxylic acids is 1. The fourth-order valence-electron chi connectivity index (χ4n) is 3.35. The number of ether oxygens (including phenoxy) is 1. The summed E-state index contributed by atoms with van der Waals surface area (Å²) in [5.74, 6) is -0.464. The van der Waals surface area contributed by atoms with E-state index in [0.717, 1.165) is 23.8 Å². The van der Waals surface area contributed by atoms with E-state index in [9.17, 15) is 9.59 Å². The molecule has 6 nitrogen and oxygen atoms in total. The lowest BCUT2D eigenvalue weighted by molar-refractivity contribution is -0.138. The molecule has 0 aliphatic heterocycles. The van der Waals surface area contributed by atoms with Crippen molar-refractivity contribution >= 4 is 11.9 Å². The third-order valence-corrected chi connectivity index (χ3v) is 4.99. The summed E-state index contributed by atoms with van der Waals surface area (Å²) in [6.07, 6.45) is 1.11. The molecule has 0 fully saturated rings. The van der Waals surface area contributed by atoms with E-state index in [1.54, 1.807) is 0 Å². The number of allylic oxidation sites excluding steroid dienone is 1. The second-order valence-corrected chi connectivity index (χ2v) is 7.46. The van der Waals surface area contributed by atoms with Gasteiger partial charge < -0.3 is 20.3 Å². The van der Waals surface area contributed by atoms with Crippen LogP contribution in [0, 0.1) is 5.92 Å². The van der Waals surface area contributed by atoms with Crippen molar-refractivity contribution in [2.45, 2.75) is 45.6 Å². The minimum absolute atomic E-state index is 0.0282. The number of carboxylic acids is 1. The van der Waals surface area contributed by atoms with Gasteiger partial charge in [0.25, 0.3) is 0 Å². The predicted octanol–water partition coefficient (Wildman–Crippen LogP) is 4.43. The van der Waals surface area contributed by atoms with Gasteiger partial charge in [-0.3, -0.25) is 9.59 Å². The molecule has 0 aliphatic carbocycles. The van der Waals surface area contributed by atoms with Crippen LogP contribution in [-0.2, 0) is 20.7 Å². The molecule has 1 amide bonds. The van der Waals surface area contributed by atoms with Gasteiger partial charge in [0.1, 0.15) is 0 Å². The lowest BCUT2D eigenvalue weighted by Crippen LogP contribution is -2.38. The van der Waals surface area contributed by atoms with E-state index in [0.29, 0.717) is 25.2 Å². The summed E-state index contributed by atoms with van der Waals surface area (Å²) in [6, 6.07) is 18.3. The van der Waals surface area contributed by atoms with Crippen LogP contribution in [0.25, 0.3) is 11.1 Å². The average molecular weight is 442 g/mol. The number of carbonyl (C=O) groups excluding carboxylic acids is 1. The van der Waals surface area contributed by atoms with Gasteiger partial charge in [0, 0.05) is 25.5 Å². The average Bonchev–Trinajstić information content (AvgIpc) is 2.80. The number of amides is 1. The smallest absolute Gasteiger partial charge is 0.303 e. The lowest BCUT2D eigenvalue weighted by Gasteiger charge is -2.24. The maximum Gasteiger partial charge on any atom is 0.303 e. The highest BCUT2D eigenvalue weighted by molar-refractivity contribution is 5.80. The van der Waals surface area contributed by atoms with Crippen molar-refractivity contribution in [1.29, 1.82) is 0 Å². The molecule has 0 unspecified atom stereocenters. The number of aliphatic hydroxyl groups excluding tert-OH is 1. The highest BCUT2D eigenvalue weighted by Crippen LogP contribution is 2.22. The Balaban J connectivity index is 0.00000249. The van der Waals surface area contributed by atoms with Gasteiger partial charge in [-0.1, -0.05) is 68.1 Å². The molecule has 2 aromatic rings. The molecule has 0 aliphatic rings. The summed E-state index contributed by atoms with van der Waals surface area (Å²) in [6.45, 7) is 8.47. The molecule has 0 radical (unpaired) electrons. The summed E-state index contributed by atoms with van der Waals surface area (Å²) < 4.78 is 5.52. The number of aliphatic hydroxyl groups is 1. The van der Waals surface area contributed by atoms with Gasteiger partial charge in [0.05, 0.1) is 18.8 Å². The third-order valence-electron chi connectivity index (χ3n) is 4.99. The van der Waals surface area contributed by atoms with Crippen molar-refractivity contribution in [1.82, 2.24) is 5.32 Å². The zero-order chi connectivity index (χ0) is 23.9. The highest BCUT2D eigenvalue weighted by Gasteiger charge is 2.19. The second kappa shape index (κ2) is 14.8. The molecule has 0 saturated carbocycles. The van der Waals surface area contributed by atoms with Gasteiger partial charge in [-0.05, 0) is 36.5 Å². The second-order valence-electron chi connectivity index (χ2n) is 7.46. The molecule has 0 bridgehead atoms. The molecule has 0 saturated heterocycles. The van der Waals surface area contributed by atoms with E-state index in [-0.39, 0.29) is 30.7 Å². The quantitative estimate of drug-likeness (QED) is 0.424. The van der Waals surface area contributed by atoms with E-state index in [4.69, 9.17) is 14.9 Å². The van der Waals surface area contributed by atoms with Crippen LogP contribution in [0.3, 0.4) is 0 Å². The predicted molar refractivity (Wildman–Crippen MR) is 127 cm³/mol. The van der Waals surface area contributed by atoms with Crippen molar-refractivity contribution < 1.29 is 24.5 Å². The molecule has 32 heavy (non-hydrogen) atoms. The van der Waals surface area contributed by atoms with Crippen LogP contribution < -0.4 is 5.32 Å². The van der Waals surface area contributed by atoms with Crippen LogP contribution in [0.2, 0.25) is 0 Å². The van der Waals surface area contributed by atoms with E-state index in [1.807, 2.05) is 32.0 Å². The third kappa shape index (κ3) is 9.79. The van der Waals surface area contributed by atoms with Gasteiger partial charge in [-0.25, -0.2) is 0 Å². The van der Waals surface area contributed by atoms with Gasteiger partial charge in [-0.2, -0.15) is 0 Å². The first-order valence-electron chi connectivity index (χ1n) is 10.8. The standard InChI is InChI=1S/C25H31NO4.CH4O/c1-4-30-19(3)18(2)16-23(26-24(27)14-15-25(28)29)17-20-10-12-22(13-11-20)21-8-6-5-7-9-21;1-2/h5-13,18,23H,3-4,14-17H2,1-2H3,(H,26,27)(H,28,29);2H,1H3/t18-,23+;/m1./s1. The van der Waals surface area contributed by atoms with E-state index in [1.165, 1.54) is 0 Å². The molecular formula is C26H35NO5. The number of nitrogens with one attached hydrogen (secondary N) is 1. The number of benzene rings is 2. The first kappa shape index (κ1) is 26.9. The van der Waals surface area contributed by atoms with Crippen LogP contribution in [0.4, 0.5) is 0 Å². The molecular weight excluding hydrogens is 406 g/mol. The Morgan fingerprint density at radius 3 is 2.16 bits per heavy atom. The molecule has 0 heterocycles. The molecule has 6 heteroatoms. The Morgan fingerprint density at radius 2 is 1.59 bits per heavy atom.